The first kappa shape index (κ1) is 23.2. The van der Waals surface area contributed by atoms with Crippen LogP contribution in [-0.4, -0.2) is 25.0 Å². The summed E-state index contributed by atoms with van der Waals surface area (Å²) in [4.78, 5) is 18.7. The van der Waals surface area contributed by atoms with Crippen molar-refractivity contribution in [2.45, 2.75) is 19.5 Å². The fourth-order valence-electron chi connectivity index (χ4n) is 2.44. The summed E-state index contributed by atoms with van der Waals surface area (Å²) < 4.78 is 0. The highest BCUT2D eigenvalue weighted by Crippen LogP contribution is 2.20. The van der Waals surface area contributed by atoms with Crippen LogP contribution < -0.4 is 16.0 Å². The van der Waals surface area contributed by atoms with Crippen molar-refractivity contribution in [1.29, 1.82) is 0 Å². The summed E-state index contributed by atoms with van der Waals surface area (Å²) in [5.41, 5.74) is 8.15. The number of aromatic nitrogens is 1. The molecular formula is C18H26Cl2N4O. The van der Waals surface area contributed by atoms with Crippen LogP contribution in [0.3, 0.4) is 0 Å². The zero-order valence-electron chi connectivity index (χ0n) is 14.7. The predicted octanol–water partition coefficient (Wildman–Crippen LogP) is 2.94. The average molecular weight is 385 g/mol. The lowest BCUT2D eigenvalue weighted by atomic mass is 9.94. The molecule has 5 nitrogen and oxygen atoms in total. The third-order valence-corrected chi connectivity index (χ3v) is 3.88. The van der Waals surface area contributed by atoms with Gasteiger partial charge in [-0.1, -0.05) is 43.3 Å². The van der Waals surface area contributed by atoms with Gasteiger partial charge >= 0.3 is 0 Å². The molecule has 0 aliphatic rings. The Morgan fingerprint density at radius 3 is 2.40 bits per heavy atom. The minimum atomic E-state index is -0.321. The Labute approximate surface area is 161 Å². The van der Waals surface area contributed by atoms with Crippen LogP contribution in [0.25, 0.3) is 0 Å². The van der Waals surface area contributed by atoms with E-state index in [9.17, 15) is 4.79 Å². The topological polar surface area (TPSA) is 71.2 Å². The number of hydrogen-bond acceptors (Lipinski definition) is 4. The molecule has 1 aromatic carbocycles. The van der Waals surface area contributed by atoms with Gasteiger partial charge in [-0.25, -0.2) is 4.98 Å². The number of halogens is 2. The number of benzene rings is 1. The number of carbonyl (C=O) groups excluding carboxylic acids is 1. The standard InChI is InChI=1S/C18H24N4O.2ClH/c1-13(16(19)14-8-5-4-6-9-14)18(23)21-12-15-10-7-11-20-17(15)22(2)3;;/h4-11,13,16H,12,19H2,1-3H3,(H,21,23);2*1H. The molecule has 0 saturated carbocycles. The van der Waals surface area contributed by atoms with Crippen molar-refractivity contribution < 1.29 is 4.79 Å². The number of nitrogens with two attached hydrogens (primary N) is 1. The second-order valence-corrected chi connectivity index (χ2v) is 5.82. The van der Waals surface area contributed by atoms with Gasteiger partial charge in [-0.2, -0.15) is 0 Å². The van der Waals surface area contributed by atoms with Crippen molar-refractivity contribution in [2.75, 3.05) is 19.0 Å². The van der Waals surface area contributed by atoms with Crippen LogP contribution in [-0.2, 0) is 11.3 Å². The lowest BCUT2D eigenvalue weighted by molar-refractivity contribution is -0.125. The van der Waals surface area contributed by atoms with Gasteiger partial charge < -0.3 is 16.0 Å². The second-order valence-electron chi connectivity index (χ2n) is 5.82. The lowest BCUT2D eigenvalue weighted by Gasteiger charge is -2.21. The summed E-state index contributed by atoms with van der Waals surface area (Å²) in [6, 6.07) is 13.2. The second kappa shape index (κ2) is 10.9. The molecule has 0 fully saturated rings. The molecule has 7 heteroatoms. The summed E-state index contributed by atoms with van der Waals surface area (Å²) in [6.45, 7) is 2.29. The fourth-order valence-corrected chi connectivity index (χ4v) is 2.44. The fraction of sp³-hybridized carbons (Fsp3) is 0.333. The first-order chi connectivity index (χ1) is 11.0. The molecule has 2 aromatic rings. The van der Waals surface area contributed by atoms with Crippen LogP contribution in [0.5, 0.6) is 0 Å². The van der Waals surface area contributed by atoms with E-state index in [1.54, 1.807) is 6.20 Å². The van der Waals surface area contributed by atoms with E-state index in [-0.39, 0.29) is 42.7 Å². The molecule has 138 valence electrons. The van der Waals surface area contributed by atoms with Gasteiger partial charge in [-0.15, -0.1) is 24.8 Å². The van der Waals surface area contributed by atoms with E-state index in [0.717, 1.165) is 16.9 Å². The van der Waals surface area contributed by atoms with Crippen molar-refractivity contribution >= 4 is 36.5 Å². The Kier molecular flexibility index (Phi) is 10.1. The monoisotopic (exact) mass is 384 g/mol. The first-order valence-electron chi connectivity index (χ1n) is 7.70. The summed E-state index contributed by atoms with van der Waals surface area (Å²) in [6.07, 6.45) is 1.74. The maximum Gasteiger partial charge on any atom is 0.225 e. The van der Waals surface area contributed by atoms with Gasteiger partial charge in [0.2, 0.25) is 5.91 Å². The smallest absolute Gasteiger partial charge is 0.225 e. The highest BCUT2D eigenvalue weighted by atomic mass is 35.5. The number of nitrogens with zero attached hydrogens (tertiary/aromatic N) is 2. The zero-order chi connectivity index (χ0) is 16.8. The summed E-state index contributed by atoms with van der Waals surface area (Å²) in [5, 5.41) is 2.96. The first-order valence-corrected chi connectivity index (χ1v) is 7.70. The zero-order valence-corrected chi connectivity index (χ0v) is 16.3. The molecule has 0 bridgehead atoms. The molecule has 25 heavy (non-hydrogen) atoms. The number of amides is 1. The number of rotatable bonds is 6. The van der Waals surface area contributed by atoms with Crippen LogP contribution in [0, 0.1) is 5.92 Å². The summed E-state index contributed by atoms with van der Waals surface area (Å²) in [7, 11) is 3.86. The van der Waals surface area contributed by atoms with Crippen molar-refractivity contribution in [3.8, 4) is 0 Å². The molecule has 1 amide bonds. The van der Waals surface area contributed by atoms with E-state index in [2.05, 4.69) is 10.3 Å². The molecule has 1 heterocycles. The average Bonchev–Trinajstić information content (AvgIpc) is 2.59. The van der Waals surface area contributed by atoms with Crippen LogP contribution in [0.4, 0.5) is 5.82 Å². The van der Waals surface area contributed by atoms with Crippen LogP contribution >= 0.6 is 24.8 Å². The molecule has 0 aliphatic heterocycles. The minimum absolute atomic E-state index is 0. The Morgan fingerprint density at radius 2 is 1.80 bits per heavy atom. The van der Waals surface area contributed by atoms with E-state index in [1.807, 2.05) is 68.4 Å². The molecule has 3 N–H and O–H groups in total. The van der Waals surface area contributed by atoms with Gasteiger partial charge in [0.25, 0.3) is 0 Å². The van der Waals surface area contributed by atoms with Crippen LogP contribution in [0.15, 0.2) is 48.7 Å². The van der Waals surface area contributed by atoms with Gasteiger partial charge in [0.1, 0.15) is 5.82 Å². The molecule has 0 aliphatic carbocycles. The van der Waals surface area contributed by atoms with Crippen LogP contribution in [0.1, 0.15) is 24.1 Å². The van der Waals surface area contributed by atoms with E-state index < -0.39 is 0 Å². The van der Waals surface area contributed by atoms with Crippen molar-refractivity contribution in [3.05, 3.63) is 59.8 Å². The normalized spacial score (nSPS) is 12.2. The Balaban J connectivity index is 0.00000288. The molecule has 1 aromatic heterocycles. The van der Waals surface area contributed by atoms with Crippen molar-refractivity contribution in [2.24, 2.45) is 11.7 Å². The molecular weight excluding hydrogens is 359 g/mol. The number of hydrogen-bond donors (Lipinski definition) is 2. The van der Waals surface area contributed by atoms with E-state index in [4.69, 9.17) is 5.73 Å². The van der Waals surface area contributed by atoms with Crippen molar-refractivity contribution in [1.82, 2.24) is 10.3 Å². The highest BCUT2D eigenvalue weighted by molar-refractivity contribution is 5.85. The molecule has 0 radical (unpaired) electrons. The quantitative estimate of drug-likeness (QED) is 0.802. The molecule has 0 saturated heterocycles. The molecule has 2 atom stereocenters. The number of anilines is 1. The van der Waals surface area contributed by atoms with Gasteiger partial charge in [0.15, 0.2) is 0 Å². The predicted molar refractivity (Wildman–Crippen MR) is 107 cm³/mol. The van der Waals surface area contributed by atoms with Gasteiger partial charge in [0.05, 0.1) is 5.92 Å². The Bertz CT molecular complexity index is 653. The summed E-state index contributed by atoms with van der Waals surface area (Å²) >= 11 is 0. The molecule has 2 unspecified atom stereocenters. The SMILES string of the molecule is CC(C(=O)NCc1cccnc1N(C)C)C(N)c1ccccc1.Cl.Cl. The minimum Gasteiger partial charge on any atom is -0.362 e. The molecule has 2 rings (SSSR count). The van der Waals surface area contributed by atoms with Gasteiger partial charge in [0, 0.05) is 38.4 Å². The van der Waals surface area contributed by atoms with Crippen LogP contribution in [0.2, 0.25) is 0 Å². The molecule has 0 spiro atoms. The van der Waals surface area contributed by atoms with Gasteiger partial charge in [-0.05, 0) is 11.6 Å². The Hall–Kier alpha value is -1.82. The summed E-state index contributed by atoms with van der Waals surface area (Å²) in [5.74, 6) is 0.486. The number of nitrogens with one attached hydrogen (secondary N) is 1. The van der Waals surface area contributed by atoms with Crippen molar-refractivity contribution in [3.63, 3.8) is 0 Å². The van der Waals surface area contributed by atoms with E-state index >= 15 is 0 Å². The van der Waals surface area contributed by atoms with Gasteiger partial charge in [-0.3, -0.25) is 4.79 Å². The lowest BCUT2D eigenvalue weighted by Crippen LogP contribution is -2.35. The maximum atomic E-state index is 12.4. The largest absolute Gasteiger partial charge is 0.362 e. The number of pyridine rings is 1. The highest BCUT2D eigenvalue weighted by Gasteiger charge is 2.22. The van der Waals surface area contributed by atoms with E-state index in [0.29, 0.717) is 6.54 Å². The third-order valence-electron chi connectivity index (χ3n) is 3.88. The van der Waals surface area contributed by atoms with E-state index in [1.165, 1.54) is 0 Å². The maximum absolute atomic E-state index is 12.4. The third kappa shape index (κ3) is 6.20. The Morgan fingerprint density at radius 1 is 1.16 bits per heavy atom. The number of carbonyl (C=O) groups is 1.